The second-order valence-electron chi connectivity index (χ2n) is 7.43. The van der Waals surface area contributed by atoms with Crippen LogP contribution in [0.2, 0.25) is 0 Å². The Morgan fingerprint density at radius 3 is 2.57 bits per heavy atom. The van der Waals surface area contributed by atoms with Crippen LogP contribution in [0.1, 0.15) is 45.5 Å². The number of fused-ring (bicyclic) bond motifs is 1. The van der Waals surface area contributed by atoms with Crippen LogP contribution < -0.4 is 4.74 Å². The molecule has 2 heterocycles. The quantitative estimate of drug-likeness (QED) is 0.587. The lowest BCUT2D eigenvalue weighted by atomic mass is 9.82. The minimum Gasteiger partial charge on any atom is -0.486 e. The zero-order chi connectivity index (χ0) is 19.9. The number of Topliss-reactive ketones (excluding diaryl/α,β-unsaturated/α-hetero) is 1. The van der Waals surface area contributed by atoms with Crippen molar-refractivity contribution in [3.8, 4) is 5.75 Å². The summed E-state index contributed by atoms with van der Waals surface area (Å²) in [5, 5.41) is 11.0. The number of para-hydroxylation sites is 1. The number of nitro benzene ring substituents is 1. The first-order valence-corrected chi connectivity index (χ1v) is 9.24. The monoisotopic (exact) mass is 380 g/mol. The molecule has 1 fully saturated rings. The molecule has 1 spiro atoms. The molecule has 0 radical (unpaired) electrons. The molecular weight excluding hydrogens is 360 g/mol. The number of likely N-dealkylation sites (tertiary alicyclic amines) is 1. The molecule has 7 nitrogen and oxygen atoms in total. The largest absolute Gasteiger partial charge is 0.486 e. The van der Waals surface area contributed by atoms with Gasteiger partial charge in [-0.2, -0.15) is 0 Å². The predicted molar refractivity (Wildman–Crippen MR) is 102 cm³/mol. The van der Waals surface area contributed by atoms with Crippen LogP contribution >= 0.6 is 0 Å². The van der Waals surface area contributed by atoms with Gasteiger partial charge in [0.05, 0.1) is 16.9 Å². The summed E-state index contributed by atoms with van der Waals surface area (Å²) < 4.78 is 6.19. The molecule has 7 heteroatoms. The fraction of sp³-hybridized carbons (Fsp3) is 0.333. The van der Waals surface area contributed by atoms with Crippen LogP contribution in [0.3, 0.4) is 0 Å². The molecule has 1 amide bonds. The highest BCUT2D eigenvalue weighted by molar-refractivity contribution is 6.00. The molecule has 1 saturated heterocycles. The lowest BCUT2D eigenvalue weighted by Crippen LogP contribution is -2.52. The molecule has 144 valence electrons. The Morgan fingerprint density at radius 2 is 1.89 bits per heavy atom. The van der Waals surface area contributed by atoms with Gasteiger partial charge in [0.25, 0.3) is 11.6 Å². The number of ketones is 1. The number of benzene rings is 2. The van der Waals surface area contributed by atoms with Crippen molar-refractivity contribution < 1.29 is 19.2 Å². The lowest BCUT2D eigenvalue weighted by Gasteiger charge is -2.44. The third-order valence-electron chi connectivity index (χ3n) is 5.60. The minimum absolute atomic E-state index is 0.00179. The van der Waals surface area contributed by atoms with Gasteiger partial charge >= 0.3 is 0 Å². The molecule has 2 aromatic carbocycles. The number of hydrogen-bond donors (Lipinski definition) is 0. The van der Waals surface area contributed by atoms with Crippen molar-refractivity contribution in [1.82, 2.24) is 4.90 Å². The molecule has 0 unspecified atom stereocenters. The van der Waals surface area contributed by atoms with Crippen LogP contribution in [0.4, 0.5) is 5.69 Å². The minimum atomic E-state index is -0.562. The number of piperidine rings is 1. The first kappa shape index (κ1) is 18.2. The van der Waals surface area contributed by atoms with Gasteiger partial charge in [0.15, 0.2) is 5.78 Å². The fourth-order valence-electron chi connectivity index (χ4n) is 4.02. The van der Waals surface area contributed by atoms with Crippen LogP contribution in [-0.2, 0) is 0 Å². The van der Waals surface area contributed by atoms with E-state index in [-0.39, 0.29) is 17.4 Å². The Morgan fingerprint density at radius 1 is 1.18 bits per heavy atom. The van der Waals surface area contributed by atoms with Gasteiger partial charge in [-0.3, -0.25) is 19.7 Å². The number of aryl methyl sites for hydroxylation is 1. The summed E-state index contributed by atoms with van der Waals surface area (Å²) in [6.45, 7) is 2.58. The number of nitrogens with zero attached hydrogens (tertiary/aromatic N) is 2. The molecule has 0 atom stereocenters. The van der Waals surface area contributed by atoms with E-state index in [9.17, 15) is 19.7 Å². The molecule has 2 aliphatic heterocycles. The standard InChI is InChI=1S/C21H20N2O5/c1-14-12-15(6-7-17(14)23(26)27)20(25)22-10-8-21(9-11-22)13-18(24)16-4-2-3-5-19(16)28-21/h2-7,12H,8-11,13H2,1H3. The Bertz CT molecular complexity index is 977. The summed E-state index contributed by atoms with van der Waals surface area (Å²) in [5.41, 5.74) is 0.954. The SMILES string of the molecule is Cc1cc(C(=O)N2CCC3(CC2)CC(=O)c2ccccc2O3)ccc1[N+](=O)[O-]. The fourth-order valence-corrected chi connectivity index (χ4v) is 4.02. The molecule has 0 aliphatic carbocycles. The van der Waals surface area contributed by atoms with Gasteiger partial charge < -0.3 is 9.64 Å². The zero-order valence-corrected chi connectivity index (χ0v) is 15.5. The van der Waals surface area contributed by atoms with Crippen LogP contribution in [-0.4, -0.2) is 40.2 Å². The number of amides is 1. The van der Waals surface area contributed by atoms with E-state index in [1.165, 1.54) is 12.1 Å². The van der Waals surface area contributed by atoms with Gasteiger partial charge in [0, 0.05) is 43.1 Å². The van der Waals surface area contributed by atoms with Gasteiger partial charge in [0.2, 0.25) is 0 Å². The van der Waals surface area contributed by atoms with Crippen LogP contribution in [0.5, 0.6) is 5.75 Å². The Kier molecular flexibility index (Phi) is 4.37. The summed E-state index contributed by atoms with van der Waals surface area (Å²) in [5.74, 6) is 0.535. The molecule has 0 saturated carbocycles. The van der Waals surface area contributed by atoms with Crippen LogP contribution in [0.15, 0.2) is 42.5 Å². The van der Waals surface area contributed by atoms with Crippen LogP contribution in [0, 0.1) is 17.0 Å². The molecule has 2 aromatic rings. The maximum atomic E-state index is 12.8. The van der Waals surface area contributed by atoms with Crippen molar-refractivity contribution in [3.63, 3.8) is 0 Å². The third kappa shape index (κ3) is 3.13. The first-order valence-electron chi connectivity index (χ1n) is 9.24. The number of carbonyl (C=O) groups excluding carboxylic acids is 2. The zero-order valence-electron chi connectivity index (χ0n) is 15.5. The summed E-state index contributed by atoms with van der Waals surface area (Å²) in [6, 6.07) is 11.7. The highest BCUT2D eigenvalue weighted by Crippen LogP contribution is 2.39. The van der Waals surface area contributed by atoms with E-state index in [1.54, 1.807) is 24.0 Å². The normalized spacial score (nSPS) is 17.8. The lowest BCUT2D eigenvalue weighted by molar-refractivity contribution is -0.385. The van der Waals surface area contributed by atoms with E-state index >= 15 is 0 Å². The highest BCUT2D eigenvalue weighted by atomic mass is 16.6. The second kappa shape index (κ2) is 6.74. The molecule has 0 bridgehead atoms. The van der Waals surface area contributed by atoms with Crippen molar-refractivity contribution in [2.24, 2.45) is 0 Å². The number of ether oxygens (including phenoxy) is 1. The number of nitro groups is 1. The Hall–Kier alpha value is -3.22. The van der Waals surface area contributed by atoms with Crippen molar-refractivity contribution >= 4 is 17.4 Å². The molecular formula is C21H20N2O5. The summed E-state index contributed by atoms with van der Waals surface area (Å²) in [7, 11) is 0. The van der Waals surface area contributed by atoms with Gasteiger partial charge in [-0.15, -0.1) is 0 Å². The number of rotatable bonds is 2. The summed E-state index contributed by atoms with van der Waals surface area (Å²) in [4.78, 5) is 37.5. The van der Waals surface area contributed by atoms with Crippen molar-refractivity contribution in [3.05, 3.63) is 69.3 Å². The predicted octanol–water partition coefficient (Wildman–Crippen LogP) is 3.54. The van der Waals surface area contributed by atoms with E-state index in [2.05, 4.69) is 0 Å². The van der Waals surface area contributed by atoms with Gasteiger partial charge in [0.1, 0.15) is 11.4 Å². The van der Waals surface area contributed by atoms with E-state index < -0.39 is 10.5 Å². The number of carbonyl (C=O) groups is 2. The van der Waals surface area contributed by atoms with Crippen molar-refractivity contribution in [2.45, 2.75) is 31.8 Å². The highest BCUT2D eigenvalue weighted by Gasteiger charge is 2.43. The van der Waals surface area contributed by atoms with Crippen molar-refractivity contribution in [2.75, 3.05) is 13.1 Å². The van der Waals surface area contributed by atoms with E-state index in [1.807, 2.05) is 18.2 Å². The molecule has 4 rings (SSSR count). The first-order chi connectivity index (χ1) is 13.4. The molecule has 2 aliphatic rings. The van der Waals surface area contributed by atoms with Gasteiger partial charge in [-0.1, -0.05) is 12.1 Å². The summed E-state index contributed by atoms with van der Waals surface area (Å²) >= 11 is 0. The molecule has 0 N–H and O–H groups in total. The number of hydrogen-bond acceptors (Lipinski definition) is 5. The molecule has 28 heavy (non-hydrogen) atoms. The average molecular weight is 380 g/mol. The Balaban J connectivity index is 1.47. The Labute approximate surface area is 162 Å². The van der Waals surface area contributed by atoms with Crippen LogP contribution in [0.25, 0.3) is 0 Å². The maximum absolute atomic E-state index is 12.8. The second-order valence-corrected chi connectivity index (χ2v) is 7.43. The topological polar surface area (TPSA) is 89.8 Å². The van der Waals surface area contributed by atoms with Gasteiger partial charge in [-0.05, 0) is 31.2 Å². The average Bonchev–Trinajstić information content (AvgIpc) is 2.67. The summed E-state index contributed by atoms with van der Waals surface area (Å²) in [6.07, 6.45) is 1.47. The molecule has 0 aromatic heterocycles. The van der Waals surface area contributed by atoms with Crippen molar-refractivity contribution in [1.29, 1.82) is 0 Å². The smallest absolute Gasteiger partial charge is 0.272 e. The van der Waals surface area contributed by atoms with E-state index in [4.69, 9.17) is 4.74 Å². The van der Waals surface area contributed by atoms with E-state index in [0.717, 1.165) is 0 Å². The van der Waals surface area contributed by atoms with Gasteiger partial charge in [-0.25, -0.2) is 0 Å². The third-order valence-corrected chi connectivity index (χ3v) is 5.60. The maximum Gasteiger partial charge on any atom is 0.272 e. The van der Waals surface area contributed by atoms with E-state index in [0.29, 0.717) is 54.8 Å².